The zero-order valence-corrected chi connectivity index (χ0v) is 12.5. The standard InChI is InChI=1S/C15H27N3O/c1-4-14-7-5-6-8-18(14)15-17-13(11-19-15)10-16-9-12(2)3/h11-12,14,16H,4-10H2,1-3H3. The van der Waals surface area contributed by atoms with Crippen LogP contribution in [-0.4, -0.2) is 24.1 Å². The van der Waals surface area contributed by atoms with Crippen LogP contribution < -0.4 is 10.2 Å². The highest BCUT2D eigenvalue weighted by molar-refractivity contribution is 5.29. The largest absolute Gasteiger partial charge is 0.432 e. The Labute approximate surface area is 116 Å². The molecule has 1 aromatic rings. The van der Waals surface area contributed by atoms with E-state index in [9.17, 15) is 0 Å². The van der Waals surface area contributed by atoms with Gasteiger partial charge in [-0.1, -0.05) is 20.8 Å². The molecule has 1 aliphatic heterocycles. The molecule has 0 amide bonds. The lowest BCUT2D eigenvalue weighted by Crippen LogP contribution is -2.39. The molecule has 0 bridgehead atoms. The smallest absolute Gasteiger partial charge is 0.297 e. The summed E-state index contributed by atoms with van der Waals surface area (Å²) in [5.41, 5.74) is 1.01. The maximum atomic E-state index is 5.67. The first-order valence-electron chi connectivity index (χ1n) is 7.62. The van der Waals surface area contributed by atoms with E-state index in [2.05, 4.69) is 36.0 Å². The number of hydrogen-bond acceptors (Lipinski definition) is 4. The highest BCUT2D eigenvalue weighted by Gasteiger charge is 2.24. The fourth-order valence-corrected chi connectivity index (χ4v) is 2.68. The van der Waals surface area contributed by atoms with Crippen molar-refractivity contribution in [2.75, 3.05) is 18.0 Å². The van der Waals surface area contributed by atoms with Crippen molar-refractivity contribution >= 4 is 6.01 Å². The summed E-state index contributed by atoms with van der Waals surface area (Å²) in [6.45, 7) is 9.56. The van der Waals surface area contributed by atoms with Gasteiger partial charge in [-0.25, -0.2) is 0 Å². The summed E-state index contributed by atoms with van der Waals surface area (Å²) in [7, 11) is 0. The predicted octanol–water partition coefficient (Wildman–Crippen LogP) is 3.19. The Morgan fingerprint density at radius 2 is 2.32 bits per heavy atom. The minimum absolute atomic E-state index is 0.601. The van der Waals surface area contributed by atoms with Crippen LogP contribution in [0.15, 0.2) is 10.7 Å². The molecule has 1 saturated heterocycles. The molecular formula is C15H27N3O. The molecule has 0 aliphatic carbocycles. The lowest BCUT2D eigenvalue weighted by molar-refractivity contribution is 0.410. The molecule has 0 aromatic carbocycles. The van der Waals surface area contributed by atoms with Gasteiger partial charge in [0.15, 0.2) is 0 Å². The number of aromatic nitrogens is 1. The van der Waals surface area contributed by atoms with Crippen LogP contribution in [0.5, 0.6) is 0 Å². The van der Waals surface area contributed by atoms with Crippen molar-refractivity contribution in [3.8, 4) is 0 Å². The van der Waals surface area contributed by atoms with Gasteiger partial charge < -0.3 is 14.6 Å². The molecule has 0 radical (unpaired) electrons. The van der Waals surface area contributed by atoms with Gasteiger partial charge >= 0.3 is 0 Å². The minimum atomic E-state index is 0.601. The van der Waals surface area contributed by atoms with Crippen LogP contribution in [0.25, 0.3) is 0 Å². The summed E-state index contributed by atoms with van der Waals surface area (Å²) < 4.78 is 5.67. The Morgan fingerprint density at radius 1 is 1.47 bits per heavy atom. The molecule has 1 atom stereocenters. The summed E-state index contributed by atoms with van der Waals surface area (Å²) in [5.74, 6) is 0.665. The van der Waals surface area contributed by atoms with E-state index in [0.29, 0.717) is 12.0 Å². The Bertz CT molecular complexity index is 375. The van der Waals surface area contributed by atoms with Crippen LogP contribution in [0.3, 0.4) is 0 Å². The van der Waals surface area contributed by atoms with E-state index >= 15 is 0 Å². The Morgan fingerprint density at radius 3 is 3.05 bits per heavy atom. The number of rotatable bonds is 6. The second-order valence-corrected chi connectivity index (χ2v) is 5.90. The van der Waals surface area contributed by atoms with Gasteiger partial charge in [-0.3, -0.25) is 0 Å². The van der Waals surface area contributed by atoms with Gasteiger partial charge in [0.2, 0.25) is 0 Å². The van der Waals surface area contributed by atoms with Gasteiger partial charge in [0.1, 0.15) is 6.26 Å². The normalized spacial score (nSPS) is 20.2. The molecule has 4 nitrogen and oxygen atoms in total. The third-order valence-corrected chi connectivity index (χ3v) is 3.74. The van der Waals surface area contributed by atoms with Crippen molar-refractivity contribution in [3.63, 3.8) is 0 Å². The van der Waals surface area contributed by atoms with Gasteiger partial charge in [0, 0.05) is 19.1 Å². The second kappa shape index (κ2) is 6.94. The van der Waals surface area contributed by atoms with Crippen LogP contribution in [0.1, 0.15) is 52.1 Å². The third kappa shape index (κ3) is 3.96. The van der Waals surface area contributed by atoms with Gasteiger partial charge in [-0.2, -0.15) is 4.98 Å². The minimum Gasteiger partial charge on any atom is -0.432 e. The summed E-state index contributed by atoms with van der Waals surface area (Å²) in [6, 6.07) is 1.41. The molecule has 2 heterocycles. The number of nitrogens with zero attached hydrogens (tertiary/aromatic N) is 2. The van der Waals surface area contributed by atoms with Crippen LogP contribution >= 0.6 is 0 Å². The number of piperidine rings is 1. The average molecular weight is 265 g/mol. The van der Waals surface area contributed by atoms with Crippen LogP contribution in [0.2, 0.25) is 0 Å². The first-order valence-corrected chi connectivity index (χ1v) is 7.62. The van der Waals surface area contributed by atoms with Crippen molar-refractivity contribution in [3.05, 3.63) is 12.0 Å². The zero-order valence-electron chi connectivity index (χ0n) is 12.5. The van der Waals surface area contributed by atoms with E-state index in [1.165, 1.54) is 25.7 Å². The fraction of sp³-hybridized carbons (Fsp3) is 0.800. The SMILES string of the molecule is CCC1CCCCN1c1nc(CNCC(C)C)co1. The molecular weight excluding hydrogens is 238 g/mol. The monoisotopic (exact) mass is 265 g/mol. The first kappa shape index (κ1) is 14.4. The predicted molar refractivity (Wildman–Crippen MR) is 78.3 cm³/mol. The van der Waals surface area contributed by atoms with Crippen molar-refractivity contribution < 1.29 is 4.42 Å². The topological polar surface area (TPSA) is 41.3 Å². The van der Waals surface area contributed by atoms with Crippen molar-refractivity contribution in [2.45, 2.75) is 59.0 Å². The molecule has 1 N–H and O–H groups in total. The Kier molecular flexibility index (Phi) is 5.25. The highest BCUT2D eigenvalue weighted by Crippen LogP contribution is 2.25. The summed E-state index contributed by atoms with van der Waals surface area (Å²) in [5, 5.41) is 3.40. The molecule has 108 valence electrons. The highest BCUT2D eigenvalue weighted by atomic mass is 16.4. The molecule has 1 aliphatic rings. The van der Waals surface area contributed by atoms with Crippen LogP contribution in [0.4, 0.5) is 6.01 Å². The maximum absolute atomic E-state index is 5.67. The lowest BCUT2D eigenvalue weighted by atomic mass is 10.0. The van der Waals surface area contributed by atoms with E-state index in [-0.39, 0.29) is 0 Å². The molecule has 1 unspecified atom stereocenters. The quantitative estimate of drug-likeness (QED) is 0.857. The molecule has 0 saturated carbocycles. The number of anilines is 1. The Hall–Kier alpha value is -1.03. The fourth-order valence-electron chi connectivity index (χ4n) is 2.68. The summed E-state index contributed by atoms with van der Waals surface area (Å²) in [6.07, 6.45) is 6.81. The zero-order chi connectivity index (χ0) is 13.7. The summed E-state index contributed by atoms with van der Waals surface area (Å²) in [4.78, 5) is 6.97. The Balaban J connectivity index is 1.91. The van der Waals surface area contributed by atoms with Gasteiger partial charge in [-0.15, -0.1) is 0 Å². The molecule has 1 aromatic heterocycles. The number of oxazole rings is 1. The molecule has 19 heavy (non-hydrogen) atoms. The lowest BCUT2D eigenvalue weighted by Gasteiger charge is -2.33. The van der Waals surface area contributed by atoms with Crippen molar-refractivity contribution in [2.24, 2.45) is 5.92 Å². The van der Waals surface area contributed by atoms with E-state index < -0.39 is 0 Å². The van der Waals surface area contributed by atoms with Gasteiger partial charge in [0.25, 0.3) is 6.01 Å². The van der Waals surface area contributed by atoms with Crippen LogP contribution in [-0.2, 0) is 6.54 Å². The first-order chi connectivity index (χ1) is 9.20. The van der Waals surface area contributed by atoms with Gasteiger partial charge in [0.05, 0.1) is 5.69 Å². The second-order valence-electron chi connectivity index (χ2n) is 5.90. The van der Waals surface area contributed by atoms with E-state index in [1.54, 1.807) is 6.26 Å². The van der Waals surface area contributed by atoms with Gasteiger partial charge in [-0.05, 0) is 38.1 Å². The molecule has 2 rings (SSSR count). The third-order valence-electron chi connectivity index (χ3n) is 3.74. The van der Waals surface area contributed by atoms with E-state index in [1.807, 2.05) is 0 Å². The molecule has 0 spiro atoms. The number of nitrogens with one attached hydrogen (secondary N) is 1. The molecule has 4 heteroatoms. The van der Waals surface area contributed by atoms with Crippen LogP contribution in [0, 0.1) is 5.92 Å². The molecule has 1 fully saturated rings. The average Bonchev–Trinajstić information content (AvgIpc) is 2.87. The van der Waals surface area contributed by atoms with Crippen molar-refractivity contribution in [1.82, 2.24) is 10.3 Å². The summed E-state index contributed by atoms with van der Waals surface area (Å²) >= 11 is 0. The van der Waals surface area contributed by atoms with E-state index in [4.69, 9.17) is 4.42 Å². The van der Waals surface area contributed by atoms with E-state index in [0.717, 1.165) is 31.3 Å². The maximum Gasteiger partial charge on any atom is 0.297 e. The van der Waals surface area contributed by atoms with Crippen molar-refractivity contribution in [1.29, 1.82) is 0 Å². The number of hydrogen-bond donors (Lipinski definition) is 1.